The molecule has 7 heteroatoms. The number of carbonyl (C=O) groups is 1. The van der Waals surface area contributed by atoms with Crippen LogP contribution in [0.2, 0.25) is 5.02 Å². The van der Waals surface area contributed by atoms with Crippen molar-refractivity contribution in [3.8, 4) is 0 Å². The van der Waals surface area contributed by atoms with Gasteiger partial charge in [-0.1, -0.05) is 23.7 Å². The van der Waals surface area contributed by atoms with Crippen molar-refractivity contribution in [1.29, 1.82) is 0 Å². The van der Waals surface area contributed by atoms with E-state index in [0.717, 1.165) is 0 Å². The van der Waals surface area contributed by atoms with Gasteiger partial charge >= 0.3 is 0 Å². The second-order valence-electron chi connectivity index (χ2n) is 6.26. The summed E-state index contributed by atoms with van der Waals surface area (Å²) in [7, 11) is 1.53. The van der Waals surface area contributed by atoms with Gasteiger partial charge in [-0.05, 0) is 35.9 Å². The highest BCUT2D eigenvalue weighted by Gasteiger charge is 2.42. The highest BCUT2D eigenvalue weighted by atomic mass is 35.5. The molecule has 0 saturated heterocycles. The van der Waals surface area contributed by atoms with Crippen LogP contribution in [0.3, 0.4) is 0 Å². The number of amides is 1. The van der Waals surface area contributed by atoms with Gasteiger partial charge in [-0.25, -0.2) is 4.39 Å². The molecule has 2 aromatic carbocycles. The zero-order valence-electron chi connectivity index (χ0n) is 14.4. The maximum atomic E-state index is 13.4. The van der Waals surface area contributed by atoms with Gasteiger partial charge in [0.2, 0.25) is 5.76 Å². The van der Waals surface area contributed by atoms with Crippen LogP contribution in [-0.2, 0) is 4.74 Å². The highest BCUT2D eigenvalue weighted by molar-refractivity contribution is 6.31. The van der Waals surface area contributed by atoms with E-state index in [2.05, 4.69) is 0 Å². The molecular formula is C20H15ClFNO4. The monoisotopic (exact) mass is 387 g/mol. The van der Waals surface area contributed by atoms with E-state index >= 15 is 0 Å². The molecule has 0 radical (unpaired) electrons. The second kappa shape index (κ2) is 6.79. The Labute approximate surface area is 158 Å². The standard InChI is InChI=1S/C20H15ClFNO4/c1-26-9-8-23-17(11-2-5-13(22)6-3-11)16-18(24)14-10-12(21)4-7-15(14)27-19(16)20(23)25/h2-7,10,17H,8-9H2,1H3. The average molecular weight is 388 g/mol. The molecule has 138 valence electrons. The molecule has 1 aliphatic rings. The Morgan fingerprint density at radius 3 is 2.63 bits per heavy atom. The van der Waals surface area contributed by atoms with Gasteiger partial charge in [0.15, 0.2) is 5.43 Å². The minimum Gasteiger partial charge on any atom is -0.450 e. The molecule has 1 aliphatic heterocycles. The first-order chi connectivity index (χ1) is 13.0. The summed E-state index contributed by atoms with van der Waals surface area (Å²) in [5.41, 5.74) is 0.824. The highest BCUT2D eigenvalue weighted by Crippen LogP contribution is 2.38. The van der Waals surface area contributed by atoms with Crippen LogP contribution in [0, 0.1) is 5.82 Å². The first-order valence-corrected chi connectivity index (χ1v) is 8.70. The lowest BCUT2D eigenvalue weighted by molar-refractivity contribution is 0.0663. The van der Waals surface area contributed by atoms with Gasteiger partial charge in [0.05, 0.1) is 23.6 Å². The lowest BCUT2D eigenvalue weighted by Gasteiger charge is -2.24. The van der Waals surface area contributed by atoms with E-state index in [0.29, 0.717) is 21.6 Å². The van der Waals surface area contributed by atoms with Crippen LogP contribution in [0.4, 0.5) is 4.39 Å². The molecule has 1 aromatic heterocycles. The van der Waals surface area contributed by atoms with E-state index < -0.39 is 17.8 Å². The van der Waals surface area contributed by atoms with E-state index in [9.17, 15) is 14.0 Å². The van der Waals surface area contributed by atoms with Gasteiger partial charge < -0.3 is 14.1 Å². The molecule has 3 aromatic rings. The van der Waals surface area contributed by atoms with Gasteiger partial charge in [0.25, 0.3) is 5.91 Å². The number of halogens is 2. The maximum absolute atomic E-state index is 13.4. The lowest BCUT2D eigenvalue weighted by atomic mass is 9.98. The Bertz CT molecular complexity index is 1090. The molecule has 0 fully saturated rings. The Morgan fingerprint density at radius 2 is 1.93 bits per heavy atom. The quantitative estimate of drug-likeness (QED) is 0.683. The molecule has 1 unspecified atom stereocenters. The number of hydrogen-bond acceptors (Lipinski definition) is 4. The van der Waals surface area contributed by atoms with E-state index in [4.69, 9.17) is 20.8 Å². The Balaban J connectivity index is 1.97. The molecule has 1 amide bonds. The Morgan fingerprint density at radius 1 is 1.19 bits per heavy atom. The zero-order valence-corrected chi connectivity index (χ0v) is 15.1. The summed E-state index contributed by atoms with van der Waals surface area (Å²) < 4.78 is 24.3. The fourth-order valence-corrected chi connectivity index (χ4v) is 3.58. The summed E-state index contributed by atoms with van der Waals surface area (Å²) in [6, 6.07) is 9.72. The number of nitrogens with zero attached hydrogens (tertiary/aromatic N) is 1. The summed E-state index contributed by atoms with van der Waals surface area (Å²) in [5.74, 6) is -0.797. The van der Waals surface area contributed by atoms with Crippen molar-refractivity contribution in [3.63, 3.8) is 0 Å². The predicted octanol–water partition coefficient (Wildman–Crippen LogP) is 3.78. The molecular weight excluding hydrogens is 373 g/mol. The third-order valence-corrected chi connectivity index (χ3v) is 4.88. The van der Waals surface area contributed by atoms with Crippen molar-refractivity contribution >= 4 is 28.5 Å². The molecule has 0 spiro atoms. The van der Waals surface area contributed by atoms with E-state index in [1.165, 1.54) is 30.2 Å². The third kappa shape index (κ3) is 2.91. The van der Waals surface area contributed by atoms with Crippen LogP contribution >= 0.6 is 11.6 Å². The lowest BCUT2D eigenvalue weighted by Crippen LogP contribution is -2.32. The van der Waals surface area contributed by atoms with Crippen molar-refractivity contribution in [3.05, 3.63) is 80.4 Å². The summed E-state index contributed by atoms with van der Waals surface area (Å²) in [4.78, 5) is 27.6. The second-order valence-corrected chi connectivity index (χ2v) is 6.70. The van der Waals surface area contributed by atoms with Crippen LogP contribution in [0.15, 0.2) is 51.7 Å². The van der Waals surface area contributed by atoms with Gasteiger partial charge in [-0.15, -0.1) is 0 Å². The van der Waals surface area contributed by atoms with Crippen LogP contribution in [0.25, 0.3) is 11.0 Å². The summed E-state index contributed by atoms with van der Waals surface area (Å²) >= 11 is 6.02. The number of hydrogen-bond donors (Lipinski definition) is 0. The first kappa shape index (κ1) is 17.7. The fraction of sp³-hybridized carbons (Fsp3) is 0.200. The maximum Gasteiger partial charge on any atom is 0.290 e. The normalized spacial score (nSPS) is 16.2. The topological polar surface area (TPSA) is 59.8 Å². The molecule has 0 N–H and O–H groups in total. The molecule has 0 saturated carbocycles. The number of rotatable bonds is 4. The Kier molecular flexibility index (Phi) is 4.45. The van der Waals surface area contributed by atoms with Crippen LogP contribution in [0.5, 0.6) is 0 Å². The fourth-order valence-electron chi connectivity index (χ4n) is 3.40. The molecule has 2 heterocycles. The van der Waals surface area contributed by atoms with Crippen LogP contribution < -0.4 is 5.43 Å². The van der Waals surface area contributed by atoms with E-state index in [1.807, 2.05) is 0 Å². The summed E-state index contributed by atoms with van der Waals surface area (Å²) in [5, 5.41) is 0.698. The van der Waals surface area contributed by atoms with E-state index in [1.54, 1.807) is 24.3 Å². The first-order valence-electron chi connectivity index (χ1n) is 8.33. The van der Waals surface area contributed by atoms with Gasteiger partial charge in [-0.2, -0.15) is 0 Å². The third-order valence-electron chi connectivity index (χ3n) is 4.65. The van der Waals surface area contributed by atoms with Gasteiger partial charge in [0.1, 0.15) is 11.4 Å². The predicted molar refractivity (Wildman–Crippen MR) is 98.6 cm³/mol. The van der Waals surface area contributed by atoms with Crippen LogP contribution in [0.1, 0.15) is 27.7 Å². The van der Waals surface area contributed by atoms with Crippen molar-refractivity contribution in [1.82, 2.24) is 4.90 Å². The van der Waals surface area contributed by atoms with E-state index in [-0.39, 0.29) is 29.9 Å². The van der Waals surface area contributed by atoms with Crippen LogP contribution in [-0.4, -0.2) is 31.1 Å². The molecule has 1 atom stereocenters. The number of benzene rings is 2. The average Bonchev–Trinajstić information content (AvgIpc) is 2.94. The molecule has 27 heavy (non-hydrogen) atoms. The molecule has 5 nitrogen and oxygen atoms in total. The summed E-state index contributed by atoms with van der Waals surface area (Å²) in [6.45, 7) is 0.551. The minimum absolute atomic E-state index is 0.000232. The van der Waals surface area contributed by atoms with Crippen molar-refractivity contribution in [2.24, 2.45) is 0 Å². The van der Waals surface area contributed by atoms with Crippen molar-refractivity contribution in [2.75, 3.05) is 20.3 Å². The number of carbonyl (C=O) groups excluding carboxylic acids is 1. The number of methoxy groups -OCH3 is 1. The van der Waals surface area contributed by atoms with Crippen molar-refractivity contribution < 1.29 is 18.3 Å². The zero-order chi connectivity index (χ0) is 19.1. The Hall–Kier alpha value is -2.70. The van der Waals surface area contributed by atoms with Crippen molar-refractivity contribution in [2.45, 2.75) is 6.04 Å². The molecule has 0 aliphatic carbocycles. The van der Waals surface area contributed by atoms with Gasteiger partial charge in [0, 0.05) is 18.7 Å². The summed E-state index contributed by atoms with van der Waals surface area (Å²) in [6.07, 6.45) is 0. The largest absolute Gasteiger partial charge is 0.450 e. The molecule has 4 rings (SSSR count). The molecule has 0 bridgehead atoms. The number of ether oxygens (including phenoxy) is 1. The van der Waals surface area contributed by atoms with Gasteiger partial charge in [-0.3, -0.25) is 9.59 Å². The SMILES string of the molecule is COCCN1C(=O)c2oc3ccc(Cl)cc3c(=O)c2C1c1ccc(F)cc1. The number of fused-ring (bicyclic) bond motifs is 2. The smallest absolute Gasteiger partial charge is 0.290 e. The minimum atomic E-state index is -0.678.